The fourth-order valence-corrected chi connectivity index (χ4v) is 2.56. The van der Waals surface area contributed by atoms with Crippen molar-refractivity contribution < 1.29 is 39.3 Å². The number of amides is 4. The summed E-state index contributed by atoms with van der Waals surface area (Å²) in [6, 6.07) is -4.06. The summed E-state index contributed by atoms with van der Waals surface area (Å²) in [5.41, 5.74) is 10.6. The average molecular weight is 463 g/mol. The summed E-state index contributed by atoms with van der Waals surface area (Å²) < 4.78 is 0. The summed E-state index contributed by atoms with van der Waals surface area (Å²) in [5.74, 6) is -4.58. The van der Waals surface area contributed by atoms with E-state index >= 15 is 0 Å². The zero-order valence-electron chi connectivity index (χ0n) is 18.2. The molecular weight excluding hydrogens is 428 g/mol. The molecule has 5 atom stereocenters. The van der Waals surface area contributed by atoms with Gasteiger partial charge in [0.25, 0.3) is 0 Å². The van der Waals surface area contributed by atoms with Gasteiger partial charge in [0, 0.05) is 0 Å². The molecule has 0 aliphatic heterocycles. The van der Waals surface area contributed by atoms with Crippen LogP contribution in [-0.2, 0) is 24.0 Å². The predicted molar refractivity (Wildman–Crippen MR) is 112 cm³/mol. The molecule has 0 aromatic carbocycles. The number of hydrogen-bond acceptors (Lipinski definition) is 9. The third-order valence-electron chi connectivity index (χ3n) is 4.33. The van der Waals surface area contributed by atoms with E-state index in [1.165, 1.54) is 13.8 Å². The van der Waals surface area contributed by atoms with Gasteiger partial charge in [0.1, 0.15) is 12.1 Å². The smallest absolute Gasteiger partial charge is 0.328 e. The van der Waals surface area contributed by atoms with Crippen molar-refractivity contribution in [2.45, 2.75) is 63.4 Å². The summed E-state index contributed by atoms with van der Waals surface area (Å²) in [6.07, 6.45) is -1.51. The molecule has 0 aromatic heterocycles. The highest BCUT2D eigenvalue weighted by molar-refractivity contribution is 5.93. The van der Waals surface area contributed by atoms with E-state index in [1.807, 2.05) is 0 Å². The van der Waals surface area contributed by atoms with Crippen molar-refractivity contribution >= 4 is 29.6 Å². The Kier molecular flexibility index (Phi) is 13.7. The van der Waals surface area contributed by atoms with Crippen LogP contribution >= 0.6 is 0 Å². The standard InChI is InChI=1S/C18H34N6O8/c1-9(25)14(23-12(27)7-20)17(30)21-8-13(28)22-11(5-3-4-6-19)16(29)24-15(10(2)26)18(31)32/h9-11,14-15,25-26H,3-8,19-20H2,1-2H3,(H,21,30)(H,22,28)(H,23,27)(H,24,29)(H,31,32)/t9-,10-,11+,14+,15+/m1/s1. The maximum absolute atomic E-state index is 12.5. The second-order valence-corrected chi connectivity index (χ2v) is 7.18. The molecule has 0 aliphatic rings. The van der Waals surface area contributed by atoms with Gasteiger partial charge in [-0.3, -0.25) is 19.2 Å². The van der Waals surface area contributed by atoms with Crippen molar-refractivity contribution in [1.29, 1.82) is 0 Å². The molecule has 0 heterocycles. The van der Waals surface area contributed by atoms with Gasteiger partial charge in [0.15, 0.2) is 6.04 Å². The Morgan fingerprint density at radius 3 is 1.88 bits per heavy atom. The molecule has 0 spiro atoms. The molecule has 0 bridgehead atoms. The summed E-state index contributed by atoms with van der Waals surface area (Å²) in [6.45, 7) is 1.82. The Morgan fingerprint density at radius 1 is 0.812 bits per heavy atom. The zero-order valence-corrected chi connectivity index (χ0v) is 18.2. The van der Waals surface area contributed by atoms with E-state index in [4.69, 9.17) is 16.6 Å². The number of aliphatic hydroxyl groups excluding tert-OH is 2. The Bertz CT molecular complexity index is 657. The van der Waals surface area contributed by atoms with Crippen molar-refractivity contribution in [2.24, 2.45) is 11.5 Å². The molecule has 11 N–H and O–H groups in total. The molecule has 14 heteroatoms. The van der Waals surface area contributed by atoms with Gasteiger partial charge in [0.05, 0.1) is 25.3 Å². The molecule has 0 aliphatic carbocycles. The van der Waals surface area contributed by atoms with Crippen molar-refractivity contribution in [3.05, 3.63) is 0 Å². The van der Waals surface area contributed by atoms with Crippen LogP contribution in [0.5, 0.6) is 0 Å². The highest BCUT2D eigenvalue weighted by atomic mass is 16.4. The molecule has 0 radical (unpaired) electrons. The van der Waals surface area contributed by atoms with Gasteiger partial charge in [-0.1, -0.05) is 0 Å². The van der Waals surface area contributed by atoms with Crippen LogP contribution < -0.4 is 32.7 Å². The molecule has 0 aromatic rings. The minimum absolute atomic E-state index is 0.137. The maximum atomic E-state index is 12.5. The summed E-state index contributed by atoms with van der Waals surface area (Å²) in [5, 5.41) is 37.3. The first kappa shape index (κ1) is 29.2. The second-order valence-electron chi connectivity index (χ2n) is 7.18. The van der Waals surface area contributed by atoms with Crippen molar-refractivity contribution in [2.75, 3.05) is 19.6 Å². The molecule has 0 saturated heterocycles. The number of aliphatic carboxylic acids is 1. The number of aliphatic hydroxyl groups is 2. The Hall–Kier alpha value is -2.81. The van der Waals surface area contributed by atoms with Crippen molar-refractivity contribution in [3.8, 4) is 0 Å². The molecule has 0 saturated carbocycles. The lowest BCUT2D eigenvalue weighted by atomic mass is 10.1. The van der Waals surface area contributed by atoms with Crippen LogP contribution in [0.4, 0.5) is 0 Å². The largest absolute Gasteiger partial charge is 0.480 e. The molecule has 4 amide bonds. The first-order valence-electron chi connectivity index (χ1n) is 10.1. The number of carboxylic acids is 1. The molecule has 184 valence electrons. The van der Waals surface area contributed by atoms with Gasteiger partial charge in [-0.25, -0.2) is 4.79 Å². The monoisotopic (exact) mass is 462 g/mol. The molecule has 0 rings (SSSR count). The minimum Gasteiger partial charge on any atom is -0.480 e. The number of carbonyl (C=O) groups excluding carboxylic acids is 4. The van der Waals surface area contributed by atoms with Crippen LogP contribution in [0.2, 0.25) is 0 Å². The van der Waals surface area contributed by atoms with E-state index in [0.29, 0.717) is 19.4 Å². The number of hydrogen-bond donors (Lipinski definition) is 9. The van der Waals surface area contributed by atoms with E-state index in [9.17, 15) is 34.2 Å². The number of carbonyl (C=O) groups is 5. The van der Waals surface area contributed by atoms with Crippen molar-refractivity contribution in [1.82, 2.24) is 21.3 Å². The average Bonchev–Trinajstić information content (AvgIpc) is 2.72. The SMILES string of the molecule is C[C@@H](O)[C@H](NC(=O)[C@H](CCCCN)NC(=O)CNC(=O)[C@@H](NC(=O)CN)[C@@H](C)O)C(=O)O. The summed E-state index contributed by atoms with van der Waals surface area (Å²) >= 11 is 0. The highest BCUT2D eigenvalue weighted by Crippen LogP contribution is 2.03. The van der Waals surface area contributed by atoms with Gasteiger partial charge < -0.3 is 48.1 Å². The maximum Gasteiger partial charge on any atom is 0.328 e. The number of nitrogens with two attached hydrogens (primary N) is 2. The van der Waals surface area contributed by atoms with E-state index in [-0.39, 0.29) is 6.42 Å². The minimum atomic E-state index is -1.57. The fourth-order valence-electron chi connectivity index (χ4n) is 2.56. The fraction of sp³-hybridized carbons (Fsp3) is 0.722. The van der Waals surface area contributed by atoms with E-state index in [1.54, 1.807) is 0 Å². The van der Waals surface area contributed by atoms with Gasteiger partial charge >= 0.3 is 5.97 Å². The highest BCUT2D eigenvalue weighted by Gasteiger charge is 2.30. The lowest BCUT2D eigenvalue weighted by Crippen LogP contribution is -2.57. The zero-order chi connectivity index (χ0) is 24.8. The number of unbranched alkanes of at least 4 members (excludes halogenated alkanes) is 1. The van der Waals surface area contributed by atoms with Crippen LogP contribution in [0.1, 0.15) is 33.1 Å². The molecular formula is C18H34N6O8. The van der Waals surface area contributed by atoms with Crippen molar-refractivity contribution in [3.63, 3.8) is 0 Å². The predicted octanol–water partition coefficient (Wildman–Crippen LogP) is -4.51. The lowest BCUT2D eigenvalue weighted by molar-refractivity contribution is -0.145. The normalized spacial score (nSPS) is 15.4. The summed E-state index contributed by atoms with van der Waals surface area (Å²) in [7, 11) is 0. The third-order valence-corrected chi connectivity index (χ3v) is 4.33. The van der Waals surface area contributed by atoms with Gasteiger partial charge in [-0.15, -0.1) is 0 Å². The van der Waals surface area contributed by atoms with E-state index in [2.05, 4.69) is 21.3 Å². The Balaban J connectivity index is 5.06. The quantitative estimate of drug-likeness (QED) is 0.105. The van der Waals surface area contributed by atoms with Gasteiger partial charge in [0.2, 0.25) is 23.6 Å². The Morgan fingerprint density at radius 2 is 1.41 bits per heavy atom. The van der Waals surface area contributed by atoms with Crippen LogP contribution in [-0.4, -0.2) is 94.9 Å². The second kappa shape index (κ2) is 15.1. The first-order valence-corrected chi connectivity index (χ1v) is 10.1. The molecule has 0 fully saturated rings. The molecule has 0 unspecified atom stereocenters. The van der Waals surface area contributed by atoms with Crippen LogP contribution in [0, 0.1) is 0 Å². The van der Waals surface area contributed by atoms with Crippen LogP contribution in [0.25, 0.3) is 0 Å². The van der Waals surface area contributed by atoms with Gasteiger partial charge in [-0.2, -0.15) is 0 Å². The van der Waals surface area contributed by atoms with E-state index < -0.39 is 73.0 Å². The molecule has 32 heavy (non-hydrogen) atoms. The topological polar surface area (TPSA) is 246 Å². The molecule has 14 nitrogen and oxygen atoms in total. The Labute approximate surface area is 185 Å². The third kappa shape index (κ3) is 11.0. The number of rotatable bonds is 15. The van der Waals surface area contributed by atoms with Gasteiger partial charge in [-0.05, 0) is 39.7 Å². The van der Waals surface area contributed by atoms with Crippen LogP contribution in [0.15, 0.2) is 0 Å². The number of carboxylic acid groups (broad SMARTS) is 1. The summed E-state index contributed by atoms with van der Waals surface area (Å²) in [4.78, 5) is 59.5. The van der Waals surface area contributed by atoms with E-state index in [0.717, 1.165) is 0 Å². The first-order chi connectivity index (χ1) is 14.9. The lowest BCUT2D eigenvalue weighted by Gasteiger charge is -2.23. The van der Waals surface area contributed by atoms with Crippen LogP contribution in [0.3, 0.4) is 0 Å². The number of nitrogens with one attached hydrogen (secondary N) is 4.